The molecule has 1 aliphatic rings. The van der Waals surface area contributed by atoms with Gasteiger partial charge in [0.1, 0.15) is 0 Å². The Morgan fingerprint density at radius 2 is 2.39 bits per heavy atom. The van der Waals surface area contributed by atoms with Crippen LogP contribution in [0.4, 0.5) is 11.4 Å². The highest BCUT2D eigenvalue weighted by molar-refractivity contribution is 8.00. The molecule has 3 N–H and O–H groups in total. The Bertz CT molecular complexity index is 559. The van der Waals surface area contributed by atoms with E-state index in [1.165, 1.54) is 23.3 Å². The Labute approximate surface area is 115 Å². The third-order valence-corrected chi connectivity index (χ3v) is 5.54. The van der Waals surface area contributed by atoms with Gasteiger partial charge in [0.25, 0.3) is 0 Å². The third kappa shape index (κ3) is 2.42. The number of nitrogens with zero attached hydrogens (tertiary/aromatic N) is 1. The van der Waals surface area contributed by atoms with Gasteiger partial charge in [0.2, 0.25) is 0 Å². The van der Waals surface area contributed by atoms with E-state index in [2.05, 4.69) is 28.1 Å². The number of nitrogens with one attached hydrogen (secondary N) is 1. The zero-order valence-electron chi connectivity index (χ0n) is 10.4. The number of anilines is 2. The Kier molecular flexibility index (Phi) is 3.35. The number of benzene rings is 1. The van der Waals surface area contributed by atoms with Crippen molar-refractivity contribution in [3.05, 3.63) is 17.1 Å². The Morgan fingerprint density at radius 1 is 1.50 bits per heavy atom. The highest BCUT2D eigenvalue weighted by Gasteiger charge is 2.15. The predicted octanol–water partition coefficient (Wildman–Crippen LogP) is 3.49. The smallest absolute Gasteiger partial charge is 0.0907 e. The molecular formula is C13H17N3S2. The lowest BCUT2D eigenvalue weighted by molar-refractivity contribution is 0.806. The zero-order chi connectivity index (χ0) is 12.5. The van der Waals surface area contributed by atoms with Gasteiger partial charge in [-0.1, -0.05) is 0 Å². The summed E-state index contributed by atoms with van der Waals surface area (Å²) >= 11 is 3.75. The second-order valence-corrected chi connectivity index (χ2v) is 7.30. The van der Waals surface area contributed by atoms with E-state index in [0.29, 0.717) is 0 Å². The molecule has 1 aromatic heterocycles. The van der Waals surface area contributed by atoms with Crippen molar-refractivity contribution in [1.82, 2.24) is 4.98 Å². The van der Waals surface area contributed by atoms with Crippen molar-refractivity contribution in [2.24, 2.45) is 0 Å². The average Bonchev–Trinajstić information content (AvgIpc) is 2.94. The molecule has 1 aliphatic heterocycles. The summed E-state index contributed by atoms with van der Waals surface area (Å²) in [5, 5.41) is 5.30. The lowest BCUT2D eigenvalue weighted by Crippen LogP contribution is -2.14. The maximum Gasteiger partial charge on any atom is 0.0907 e. The minimum absolute atomic E-state index is 0.734. The Morgan fingerprint density at radius 3 is 3.17 bits per heavy atom. The standard InChI is InChI=1S/C13H17N3S2/c1-8-16-12-6-11(10(14)5-13(12)18-8)15-7-9-3-2-4-17-9/h5-6,9,15H,2-4,7,14H2,1H3. The number of hydrogen-bond acceptors (Lipinski definition) is 5. The van der Waals surface area contributed by atoms with Gasteiger partial charge in [-0.25, -0.2) is 4.98 Å². The number of aromatic nitrogens is 1. The molecule has 1 aromatic carbocycles. The molecule has 96 valence electrons. The van der Waals surface area contributed by atoms with E-state index in [1.807, 2.05) is 13.0 Å². The molecule has 0 aliphatic carbocycles. The minimum Gasteiger partial charge on any atom is -0.397 e. The van der Waals surface area contributed by atoms with Gasteiger partial charge in [-0.3, -0.25) is 0 Å². The number of nitrogen functional groups attached to an aromatic ring is 1. The van der Waals surface area contributed by atoms with Crippen LogP contribution in [0.2, 0.25) is 0 Å². The van der Waals surface area contributed by atoms with E-state index in [1.54, 1.807) is 11.3 Å². The molecule has 2 aromatic rings. The van der Waals surface area contributed by atoms with Gasteiger partial charge in [0.15, 0.2) is 0 Å². The first-order valence-electron chi connectivity index (χ1n) is 6.24. The van der Waals surface area contributed by atoms with E-state index >= 15 is 0 Å². The molecule has 3 rings (SSSR count). The van der Waals surface area contributed by atoms with E-state index < -0.39 is 0 Å². The van der Waals surface area contributed by atoms with Crippen LogP contribution in [0.25, 0.3) is 10.2 Å². The first-order valence-corrected chi connectivity index (χ1v) is 8.11. The van der Waals surface area contributed by atoms with Crippen LogP contribution in [0.5, 0.6) is 0 Å². The lowest BCUT2D eigenvalue weighted by atomic mass is 10.2. The normalized spacial score (nSPS) is 19.5. The van der Waals surface area contributed by atoms with Crippen LogP contribution in [0, 0.1) is 6.92 Å². The largest absolute Gasteiger partial charge is 0.397 e. The van der Waals surface area contributed by atoms with Gasteiger partial charge < -0.3 is 11.1 Å². The minimum atomic E-state index is 0.734. The van der Waals surface area contributed by atoms with Gasteiger partial charge in [0.05, 0.1) is 26.6 Å². The predicted molar refractivity (Wildman–Crippen MR) is 82.7 cm³/mol. The molecule has 1 saturated heterocycles. The molecular weight excluding hydrogens is 262 g/mol. The van der Waals surface area contributed by atoms with Gasteiger partial charge in [-0.05, 0) is 37.7 Å². The Hall–Kier alpha value is -0.940. The average molecular weight is 279 g/mol. The van der Waals surface area contributed by atoms with Gasteiger partial charge in [-0.2, -0.15) is 11.8 Å². The number of nitrogens with two attached hydrogens (primary N) is 1. The molecule has 1 atom stereocenters. The molecule has 3 nitrogen and oxygen atoms in total. The van der Waals surface area contributed by atoms with Crippen molar-refractivity contribution >= 4 is 44.7 Å². The fraction of sp³-hybridized carbons (Fsp3) is 0.462. The number of thioether (sulfide) groups is 1. The topological polar surface area (TPSA) is 50.9 Å². The number of aryl methyl sites for hydroxylation is 1. The third-order valence-electron chi connectivity index (χ3n) is 3.21. The second-order valence-electron chi connectivity index (χ2n) is 4.66. The quantitative estimate of drug-likeness (QED) is 0.844. The van der Waals surface area contributed by atoms with Crippen LogP contribution in [0.3, 0.4) is 0 Å². The summed E-state index contributed by atoms with van der Waals surface area (Å²) in [4.78, 5) is 4.51. The van der Waals surface area contributed by atoms with Gasteiger partial charge in [0, 0.05) is 11.8 Å². The van der Waals surface area contributed by atoms with Crippen molar-refractivity contribution in [3.63, 3.8) is 0 Å². The van der Waals surface area contributed by atoms with E-state index in [9.17, 15) is 0 Å². The summed E-state index contributed by atoms with van der Waals surface area (Å²) in [6.07, 6.45) is 2.66. The summed E-state index contributed by atoms with van der Waals surface area (Å²) in [7, 11) is 0. The summed E-state index contributed by atoms with van der Waals surface area (Å²) in [6.45, 7) is 3.03. The van der Waals surface area contributed by atoms with E-state index in [-0.39, 0.29) is 0 Å². The fourth-order valence-corrected chi connectivity index (χ4v) is 4.35. The lowest BCUT2D eigenvalue weighted by Gasteiger charge is -2.13. The van der Waals surface area contributed by atoms with Crippen molar-refractivity contribution < 1.29 is 0 Å². The maximum atomic E-state index is 6.09. The molecule has 0 saturated carbocycles. The van der Waals surface area contributed by atoms with Crippen LogP contribution in [-0.4, -0.2) is 22.5 Å². The number of thiazole rings is 1. The summed E-state index contributed by atoms with van der Waals surface area (Å²) in [6, 6.07) is 4.11. The zero-order valence-corrected chi connectivity index (χ0v) is 12.0. The second kappa shape index (κ2) is 4.97. The number of fused-ring (bicyclic) bond motifs is 1. The van der Waals surface area contributed by atoms with Crippen molar-refractivity contribution in [3.8, 4) is 0 Å². The molecule has 1 fully saturated rings. The molecule has 5 heteroatoms. The summed E-state index contributed by atoms with van der Waals surface area (Å²) in [5.74, 6) is 1.30. The highest BCUT2D eigenvalue weighted by Crippen LogP contribution is 2.31. The molecule has 0 bridgehead atoms. The summed E-state index contributed by atoms with van der Waals surface area (Å²) < 4.78 is 1.17. The van der Waals surface area contributed by atoms with Crippen molar-refractivity contribution in [2.75, 3.05) is 23.3 Å². The Balaban J connectivity index is 1.79. The molecule has 2 heterocycles. The summed E-state index contributed by atoms with van der Waals surface area (Å²) in [5.41, 5.74) is 9.00. The van der Waals surface area contributed by atoms with Gasteiger partial charge >= 0.3 is 0 Å². The first kappa shape index (κ1) is 12.1. The van der Waals surface area contributed by atoms with Crippen LogP contribution >= 0.6 is 23.1 Å². The van der Waals surface area contributed by atoms with Crippen LogP contribution < -0.4 is 11.1 Å². The molecule has 0 spiro atoms. The van der Waals surface area contributed by atoms with Crippen LogP contribution in [-0.2, 0) is 0 Å². The highest BCUT2D eigenvalue weighted by atomic mass is 32.2. The molecule has 0 radical (unpaired) electrons. The van der Waals surface area contributed by atoms with E-state index in [0.717, 1.165) is 33.7 Å². The van der Waals surface area contributed by atoms with E-state index in [4.69, 9.17) is 5.73 Å². The molecule has 1 unspecified atom stereocenters. The van der Waals surface area contributed by atoms with Crippen LogP contribution in [0.15, 0.2) is 12.1 Å². The molecule has 0 amide bonds. The van der Waals surface area contributed by atoms with Crippen molar-refractivity contribution in [2.45, 2.75) is 25.0 Å². The monoisotopic (exact) mass is 279 g/mol. The fourth-order valence-electron chi connectivity index (χ4n) is 2.29. The number of hydrogen-bond donors (Lipinski definition) is 2. The SMILES string of the molecule is Cc1nc2cc(NCC3CCCS3)c(N)cc2s1. The number of rotatable bonds is 3. The van der Waals surface area contributed by atoms with Crippen molar-refractivity contribution in [1.29, 1.82) is 0 Å². The first-order chi connectivity index (χ1) is 8.72. The van der Waals surface area contributed by atoms with Crippen LogP contribution in [0.1, 0.15) is 17.8 Å². The molecule has 18 heavy (non-hydrogen) atoms. The van der Waals surface area contributed by atoms with Gasteiger partial charge in [-0.15, -0.1) is 11.3 Å². The maximum absolute atomic E-state index is 6.09.